The highest BCUT2D eigenvalue weighted by molar-refractivity contribution is 7.99. The van der Waals surface area contributed by atoms with Gasteiger partial charge >= 0.3 is 0 Å². The Morgan fingerprint density at radius 1 is 1.27 bits per heavy atom. The molecular weight excluding hydrogens is 298 g/mol. The normalized spacial score (nSPS) is 17.6. The predicted octanol–water partition coefficient (Wildman–Crippen LogP) is 3.04. The molecule has 2 aromatic rings. The lowest BCUT2D eigenvalue weighted by Crippen LogP contribution is -2.45. The van der Waals surface area contributed by atoms with E-state index in [1.807, 2.05) is 37.7 Å². The molecule has 2 N–H and O–H groups in total. The number of carbonyl (C=O) groups excluding carboxylic acids is 1. The number of hydrogen-bond donors (Lipinski definition) is 2. The van der Waals surface area contributed by atoms with Gasteiger partial charge in [0.05, 0.1) is 5.60 Å². The van der Waals surface area contributed by atoms with Crippen LogP contribution in [0, 0.1) is 13.8 Å². The summed E-state index contributed by atoms with van der Waals surface area (Å²) in [6, 6.07) is 5.74. The van der Waals surface area contributed by atoms with Gasteiger partial charge in [-0.05, 0) is 67.5 Å². The molecule has 0 spiro atoms. The van der Waals surface area contributed by atoms with E-state index in [2.05, 4.69) is 5.32 Å². The quantitative estimate of drug-likeness (QED) is 0.913. The molecule has 118 valence electrons. The topological polar surface area (TPSA) is 62.5 Å². The molecule has 4 nitrogen and oxygen atoms in total. The Kier molecular flexibility index (Phi) is 4.19. The second kappa shape index (κ2) is 5.97. The molecule has 1 aromatic carbocycles. The van der Waals surface area contributed by atoms with Gasteiger partial charge in [0.25, 0.3) is 5.91 Å². The molecule has 3 rings (SSSR count). The van der Waals surface area contributed by atoms with Gasteiger partial charge in [0.2, 0.25) is 0 Å². The van der Waals surface area contributed by atoms with Crippen LogP contribution in [0.1, 0.15) is 34.5 Å². The monoisotopic (exact) mass is 319 g/mol. The number of nitrogens with one attached hydrogen (secondary N) is 1. The van der Waals surface area contributed by atoms with Crippen molar-refractivity contribution in [2.75, 3.05) is 18.1 Å². The van der Waals surface area contributed by atoms with Crippen LogP contribution in [0.15, 0.2) is 22.6 Å². The van der Waals surface area contributed by atoms with E-state index in [1.165, 1.54) is 5.56 Å². The Morgan fingerprint density at radius 3 is 2.68 bits per heavy atom. The average molecular weight is 319 g/mol. The van der Waals surface area contributed by atoms with Crippen LogP contribution >= 0.6 is 11.8 Å². The summed E-state index contributed by atoms with van der Waals surface area (Å²) in [5.74, 6) is 1.91. The first-order valence-electron chi connectivity index (χ1n) is 7.56. The highest BCUT2D eigenvalue weighted by Crippen LogP contribution is 2.27. The Morgan fingerprint density at radius 2 is 1.95 bits per heavy atom. The van der Waals surface area contributed by atoms with Gasteiger partial charge in [-0.1, -0.05) is 0 Å². The fourth-order valence-electron chi connectivity index (χ4n) is 2.67. The first kappa shape index (κ1) is 15.4. The van der Waals surface area contributed by atoms with Gasteiger partial charge in [-0.3, -0.25) is 4.79 Å². The molecule has 2 heterocycles. The van der Waals surface area contributed by atoms with Crippen molar-refractivity contribution >= 4 is 28.6 Å². The minimum Gasteiger partial charge on any atom is -0.451 e. The van der Waals surface area contributed by atoms with E-state index in [9.17, 15) is 9.90 Å². The maximum atomic E-state index is 12.2. The van der Waals surface area contributed by atoms with Crippen molar-refractivity contribution < 1.29 is 14.3 Å². The lowest BCUT2D eigenvalue weighted by Gasteiger charge is -2.31. The summed E-state index contributed by atoms with van der Waals surface area (Å²) < 4.78 is 5.64. The number of aliphatic hydroxyl groups is 1. The fourth-order valence-corrected chi connectivity index (χ4v) is 3.93. The number of rotatable bonds is 3. The summed E-state index contributed by atoms with van der Waals surface area (Å²) in [4.78, 5) is 12.2. The second-order valence-corrected chi connectivity index (χ2v) is 7.33. The van der Waals surface area contributed by atoms with E-state index in [0.29, 0.717) is 5.76 Å². The third-order valence-electron chi connectivity index (χ3n) is 4.36. The summed E-state index contributed by atoms with van der Waals surface area (Å²) in [6.45, 7) is 4.34. The van der Waals surface area contributed by atoms with Crippen LogP contribution in [-0.2, 0) is 0 Å². The fraction of sp³-hybridized carbons (Fsp3) is 0.471. The first-order chi connectivity index (χ1) is 10.5. The number of thioether (sulfide) groups is 1. The van der Waals surface area contributed by atoms with Gasteiger partial charge in [0.15, 0.2) is 5.76 Å². The van der Waals surface area contributed by atoms with Gasteiger partial charge in [-0.15, -0.1) is 0 Å². The molecule has 0 unspecified atom stereocenters. The van der Waals surface area contributed by atoms with Gasteiger partial charge < -0.3 is 14.8 Å². The van der Waals surface area contributed by atoms with Crippen LogP contribution in [0.25, 0.3) is 11.0 Å². The maximum absolute atomic E-state index is 12.2. The van der Waals surface area contributed by atoms with E-state index < -0.39 is 5.60 Å². The van der Waals surface area contributed by atoms with Crippen molar-refractivity contribution in [1.29, 1.82) is 0 Å². The van der Waals surface area contributed by atoms with E-state index >= 15 is 0 Å². The molecule has 1 amide bonds. The molecule has 0 atom stereocenters. The largest absolute Gasteiger partial charge is 0.451 e. The molecule has 22 heavy (non-hydrogen) atoms. The molecule has 0 saturated carbocycles. The average Bonchev–Trinajstić information content (AvgIpc) is 2.89. The molecule has 1 saturated heterocycles. The lowest BCUT2D eigenvalue weighted by molar-refractivity contribution is 0.0307. The highest BCUT2D eigenvalue weighted by Gasteiger charge is 2.30. The third-order valence-corrected chi connectivity index (χ3v) is 5.34. The van der Waals surface area contributed by atoms with Crippen molar-refractivity contribution in [1.82, 2.24) is 5.32 Å². The van der Waals surface area contributed by atoms with Crippen LogP contribution < -0.4 is 5.32 Å². The van der Waals surface area contributed by atoms with E-state index in [0.717, 1.165) is 40.9 Å². The van der Waals surface area contributed by atoms with E-state index in [4.69, 9.17) is 4.42 Å². The molecule has 1 aliphatic rings. The van der Waals surface area contributed by atoms with Crippen molar-refractivity contribution in [2.24, 2.45) is 0 Å². The zero-order valence-corrected chi connectivity index (χ0v) is 13.8. The maximum Gasteiger partial charge on any atom is 0.287 e. The van der Waals surface area contributed by atoms with Gasteiger partial charge in [0, 0.05) is 11.9 Å². The second-order valence-electron chi connectivity index (χ2n) is 6.10. The molecule has 0 bridgehead atoms. The molecule has 5 heteroatoms. The first-order valence-corrected chi connectivity index (χ1v) is 8.71. The summed E-state index contributed by atoms with van der Waals surface area (Å²) in [5.41, 5.74) is 2.26. The number of hydrogen-bond acceptors (Lipinski definition) is 4. The van der Waals surface area contributed by atoms with E-state index in [1.54, 1.807) is 6.07 Å². The zero-order chi connectivity index (χ0) is 15.7. The van der Waals surface area contributed by atoms with Crippen molar-refractivity contribution in [3.05, 3.63) is 35.1 Å². The molecule has 1 aliphatic heterocycles. The predicted molar refractivity (Wildman–Crippen MR) is 89.5 cm³/mol. The van der Waals surface area contributed by atoms with Gasteiger partial charge in [0.1, 0.15) is 5.58 Å². The van der Waals surface area contributed by atoms with Crippen LogP contribution in [-0.4, -0.2) is 34.7 Å². The number of aryl methyl sites for hydroxylation is 2. The smallest absolute Gasteiger partial charge is 0.287 e. The zero-order valence-electron chi connectivity index (χ0n) is 12.9. The number of benzene rings is 1. The minimum atomic E-state index is -0.778. The Hall–Kier alpha value is -1.46. The number of amides is 1. The summed E-state index contributed by atoms with van der Waals surface area (Å²) in [7, 11) is 0. The summed E-state index contributed by atoms with van der Waals surface area (Å²) in [6.07, 6.45) is 1.44. The Bertz CT molecular complexity index is 662. The Labute approximate surface area is 134 Å². The van der Waals surface area contributed by atoms with Crippen molar-refractivity contribution in [3.63, 3.8) is 0 Å². The number of carbonyl (C=O) groups is 1. The van der Waals surface area contributed by atoms with Crippen molar-refractivity contribution in [2.45, 2.75) is 32.3 Å². The number of fused-ring (bicyclic) bond motifs is 1. The van der Waals surface area contributed by atoms with Crippen LogP contribution in [0.3, 0.4) is 0 Å². The van der Waals surface area contributed by atoms with Gasteiger partial charge in [-0.25, -0.2) is 0 Å². The standard InChI is InChI=1S/C17H21NO3S/c1-11-7-13-9-15(21-14(13)8-12(11)2)16(19)18-10-17(20)3-5-22-6-4-17/h7-9,20H,3-6,10H2,1-2H3,(H,18,19). The van der Waals surface area contributed by atoms with Gasteiger partial charge in [-0.2, -0.15) is 11.8 Å². The highest BCUT2D eigenvalue weighted by atomic mass is 32.2. The Balaban J connectivity index is 1.72. The number of furan rings is 1. The van der Waals surface area contributed by atoms with Crippen LogP contribution in [0.5, 0.6) is 0 Å². The molecule has 0 radical (unpaired) electrons. The molecule has 1 fully saturated rings. The third kappa shape index (κ3) is 3.15. The molecular formula is C17H21NO3S. The van der Waals surface area contributed by atoms with Crippen molar-refractivity contribution in [3.8, 4) is 0 Å². The van der Waals surface area contributed by atoms with Crippen LogP contribution in [0.4, 0.5) is 0 Å². The molecule has 0 aliphatic carbocycles. The van der Waals surface area contributed by atoms with E-state index in [-0.39, 0.29) is 12.5 Å². The SMILES string of the molecule is Cc1cc2cc(C(=O)NCC3(O)CCSCC3)oc2cc1C. The summed E-state index contributed by atoms with van der Waals surface area (Å²) in [5, 5.41) is 14.2. The van der Waals surface area contributed by atoms with Crippen LogP contribution in [0.2, 0.25) is 0 Å². The summed E-state index contributed by atoms with van der Waals surface area (Å²) >= 11 is 1.84. The lowest BCUT2D eigenvalue weighted by atomic mass is 9.97. The minimum absolute atomic E-state index is 0.266. The molecule has 1 aromatic heterocycles.